The summed E-state index contributed by atoms with van der Waals surface area (Å²) in [6.45, 7) is 1.09. The molecule has 5 unspecified atom stereocenters. The fourth-order valence-electron chi connectivity index (χ4n) is 2.29. The van der Waals surface area contributed by atoms with E-state index in [0.717, 1.165) is 5.75 Å². The molecule has 0 saturated heterocycles. The number of rotatable bonds is 23. The fraction of sp³-hybridized carbons (Fsp3) is 0.613. The summed E-state index contributed by atoms with van der Waals surface area (Å²) in [5.41, 5.74) is 49.2. The summed E-state index contributed by atoms with van der Waals surface area (Å²) >= 11 is 3.80. The van der Waals surface area contributed by atoms with E-state index < -0.39 is 103 Å². The Hall–Kier alpha value is -6.73. The van der Waals surface area contributed by atoms with Crippen LogP contribution in [0.2, 0.25) is 0 Å². The SMILES string of the molecule is N=C(N)NCCCC(N)C(=O)O.N=C(N)NCCCC(N)C(=O)O.NC(CC(=O)O)C(=O)O.NC(CC(=O)O)C(=O)O.NC(CCC(=O)O)C(=O)O.NCC(=O)O.NCC(=O)O.NCCS. The Morgan fingerprint density at radius 1 is 0.439 bits per heavy atom. The number of carboxylic acids is 10. The van der Waals surface area contributed by atoms with Crippen molar-refractivity contribution in [2.45, 2.75) is 81.6 Å². The van der Waals surface area contributed by atoms with Gasteiger partial charge in [0.1, 0.15) is 30.2 Å². The summed E-state index contributed by atoms with van der Waals surface area (Å²) in [4.78, 5) is 98.0. The van der Waals surface area contributed by atoms with E-state index in [1.54, 1.807) is 0 Å². The van der Waals surface area contributed by atoms with Gasteiger partial charge < -0.3 is 119 Å². The van der Waals surface area contributed by atoms with E-state index in [-0.39, 0.29) is 37.9 Å². The topological polar surface area (TPSA) is 705 Å². The third kappa shape index (κ3) is 88.5. The normalized spacial score (nSPS) is 11.3. The highest BCUT2D eigenvalue weighted by atomic mass is 32.1. The minimum absolute atomic E-state index is 0.0231. The molecule has 0 aromatic heterocycles. The van der Waals surface area contributed by atoms with Crippen molar-refractivity contribution in [3.05, 3.63) is 0 Å². The van der Waals surface area contributed by atoms with E-state index in [0.29, 0.717) is 45.3 Å². The summed E-state index contributed by atoms with van der Waals surface area (Å²) in [6, 6.07) is -5.28. The lowest BCUT2D eigenvalue weighted by atomic mass is 10.2. The maximum atomic E-state index is 10.2. The number of guanidine groups is 2. The van der Waals surface area contributed by atoms with Crippen molar-refractivity contribution in [2.75, 3.05) is 38.5 Å². The number of thiol groups is 1. The van der Waals surface area contributed by atoms with Crippen LogP contribution >= 0.6 is 12.6 Å². The second-order valence-electron chi connectivity index (χ2n) is 11.5. The highest BCUT2D eigenvalue weighted by Crippen LogP contribution is 1.94. The Morgan fingerprint density at radius 2 is 0.667 bits per heavy atom. The van der Waals surface area contributed by atoms with Gasteiger partial charge >= 0.3 is 59.7 Å². The molecule has 0 aliphatic rings. The first-order chi connectivity index (χ1) is 30.1. The molecule has 0 amide bonds. The summed E-state index contributed by atoms with van der Waals surface area (Å²) in [5.74, 6) is -10.6. The van der Waals surface area contributed by atoms with Crippen molar-refractivity contribution in [3.8, 4) is 0 Å². The molecular formula is C31H68N14O20S. The smallest absolute Gasteiger partial charge is 0.321 e. The Kier molecular flexibility index (Phi) is 61.0. The maximum absolute atomic E-state index is 10.2. The number of nitrogens with two attached hydrogens (primary N) is 10. The van der Waals surface area contributed by atoms with E-state index in [1.807, 2.05) is 0 Å². The number of hydrogen-bond donors (Lipinski definition) is 25. The lowest BCUT2D eigenvalue weighted by Crippen LogP contribution is -2.34. The molecular weight excluding hydrogens is 920 g/mol. The number of hydrogen-bond acceptors (Lipinski definition) is 21. The Bertz CT molecular complexity index is 1350. The molecule has 0 spiro atoms. The molecule has 388 valence electrons. The molecule has 0 heterocycles. The van der Waals surface area contributed by atoms with Crippen LogP contribution in [0, 0.1) is 10.8 Å². The minimum atomic E-state index is -1.29. The van der Waals surface area contributed by atoms with Crippen LogP contribution in [-0.2, 0) is 47.9 Å². The van der Waals surface area contributed by atoms with Crippen LogP contribution in [0.15, 0.2) is 0 Å². The van der Waals surface area contributed by atoms with Gasteiger partial charge in [-0.2, -0.15) is 12.6 Å². The fourth-order valence-corrected chi connectivity index (χ4v) is 2.29. The average Bonchev–Trinajstić information content (AvgIpc) is 3.20. The summed E-state index contributed by atoms with van der Waals surface area (Å²) in [6.07, 6.45) is 0.661. The van der Waals surface area contributed by atoms with Crippen LogP contribution in [0.1, 0.15) is 51.4 Å². The van der Waals surface area contributed by atoms with Gasteiger partial charge in [0.25, 0.3) is 0 Å². The predicted molar refractivity (Wildman–Crippen MR) is 234 cm³/mol. The molecule has 35 heteroatoms. The van der Waals surface area contributed by atoms with Crippen molar-refractivity contribution in [1.29, 1.82) is 10.8 Å². The first kappa shape index (κ1) is 76.6. The van der Waals surface area contributed by atoms with Crippen LogP contribution in [0.3, 0.4) is 0 Å². The monoisotopic (exact) mass is 988 g/mol. The highest BCUT2D eigenvalue weighted by Gasteiger charge is 2.16. The van der Waals surface area contributed by atoms with Gasteiger partial charge in [0.05, 0.1) is 25.9 Å². The molecule has 0 aromatic carbocycles. The van der Waals surface area contributed by atoms with Crippen LogP contribution in [0.25, 0.3) is 0 Å². The standard InChI is InChI=1S/2C6H14N4O2.C5H9NO4.2C4H7NO4.2C2H5NO2.C2H7NS/c2*7-4(5(11)12)2-1-3-10-6(8)9;6-3(5(9)10)1-2-4(7)8;2*5-2(4(8)9)1-3(6)7;2*3-1-2(4)5;3-1-2-4/h2*4H,1-3,7H2,(H,11,12)(H4,8,9,10);3H,1-2,6H2,(H,7,8)(H,9,10);2*2H,1,5H2,(H,6,7)(H,8,9);2*1,3H2,(H,4,5);4H,1-3H2. The summed E-state index contributed by atoms with van der Waals surface area (Å²) in [7, 11) is 0. The van der Waals surface area contributed by atoms with Crippen LogP contribution in [0.5, 0.6) is 0 Å². The third-order valence-electron chi connectivity index (χ3n) is 5.54. The van der Waals surface area contributed by atoms with Crippen molar-refractivity contribution < 1.29 is 99.0 Å². The Labute approximate surface area is 381 Å². The molecule has 0 saturated carbocycles. The van der Waals surface area contributed by atoms with Gasteiger partial charge in [0.2, 0.25) is 0 Å². The third-order valence-corrected chi connectivity index (χ3v) is 5.80. The van der Waals surface area contributed by atoms with Gasteiger partial charge in [0, 0.05) is 31.8 Å². The quantitative estimate of drug-likeness (QED) is 0.0196. The van der Waals surface area contributed by atoms with E-state index >= 15 is 0 Å². The summed E-state index contributed by atoms with van der Waals surface area (Å²) in [5, 5.41) is 99.0. The molecule has 0 aromatic rings. The molecule has 0 aliphatic carbocycles. The number of nitrogens with one attached hydrogen (secondary N) is 4. The molecule has 0 rings (SSSR count). The molecule has 0 aliphatic heterocycles. The van der Waals surface area contributed by atoms with Gasteiger partial charge in [-0.3, -0.25) is 58.8 Å². The van der Waals surface area contributed by atoms with Gasteiger partial charge in [-0.25, -0.2) is 0 Å². The van der Waals surface area contributed by atoms with Gasteiger partial charge in [-0.15, -0.1) is 0 Å². The van der Waals surface area contributed by atoms with Crippen LogP contribution < -0.4 is 68.0 Å². The van der Waals surface area contributed by atoms with E-state index in [4.69, 9.17) is 108 Å². The first-order valence-corrected chi connectivity index (χ1v) is 18.7. The van der Waals surface area contributed by atoms with Crippen LogP contribution in [-0.4, -0.2) is 191 Å². The molecule has 34 N–H and O–H groups in total. The lowest BCUT2D eigenvalue weighted by Gasteiger charge is -2.06. The zero-order valence-corrected chi connectivity index (χ0v) is 36.5. The van der Waals surface area contributed by atoms with E-state index in [9.17, 15) is 47.9 Å². The zero-order valence-electron chi connectivity index (χ0n) is 35.6. The largest absolute Gasteiger partial charge is 0.481 e. The molecule has 0 fully saturated rings. The Morgan fingerprint density at radius 3 is 0.803 bits per heavy atom. The van der Waals surface area contributed by atoms with Crippen molar-refractivity contribution in [3.63, 3.8) is 0 Å². The maximum Gasteiger partial charge on any atom is 0.321 e. The zero-order chi connectivity index (χ0) is 54.1. The molecule has 0 bridgehead atoms. The van der Waals surface area contributed by atoms with Gasteiger partial charge in [-0.1, -0.05) is 0 Å². The lowest BCUT2D eigenvalue weighted by molar-refractivity contribution is -0.144. The number of aliphatic carboxylic acids is 10. The van der Waals surface area contributed by atoms with Crippen molar-refractivity contribution in [1.82, 2.24) is 10.6 Å². The molecule has 34 nitrogen and oxygen atoms in total. The van der Waals surface area contributed by atoms with Gasteiger partial charge in [0.15, 0.2) is 11.9 Å². The first-order valence-electron chi connectivity index (χ1n) is 18.0. The van der Waals surface area contributed by atoms with E-state index in [1.165, 1.54) is 0 Å². The predicted octanol–water partition coefficient (Wildman–Crippen LogP) is -7.73. The van der Waals surface area contributed by atoms with Gasteiger partial charge in [-0.05, 0) is 32.1 Å². The van der Waals surface area contributed by atoms with E-state index in [2.05, 4.69) is 34.7 Å². The van der Waals surface area contributed by atoms with Crippen LogP contribution in [0.4, 0.5) is 0 Å². The molecule has 5 atom stereocenters. The highest BCUT2D eigenvalue weighted by molar-refractivity contribution is 7.80. The summed E-state index contributed by atoms with van der Waals surface area (Å²) < 4.78 is 0. The number of carboxylic acid groups (broad SMARTS) is 10. The van der Waals surface area contributed by atoms with Crippen molar-refractivity contribution >= 4 is 84.2 Å². The minimum Gasteiger partial charge on any atom is -0.481 e. The van der Waals surface area contributed by atoms with Crippen molar-refractivity contribution in [2.24, 2.45) is 57.3 Å². The second kappa shape index (κ2) is 52.6. The second-order valence-corrected chi connectivity index (χ2v) is 12.0. The Balaban J connectivity index is -0.0000000994. The molecule has 66 heavy (non-hydrogen) atoms. The number of carbonyl (C=O) groups is 10. The molecule has 0 radical (unpaired) electrons. The average molecular weight is 989 g/mol.